The second kappa shape index (κ2) is 11.4. The maximum atomic E-state index is 12.9. The average Bonchev–Trinajstić information content (AvgIpc) is 3.54. The molecule has 1 aliphatic rings. The Morgan fingerprint density at radius 1 is 1.10 bits per heavy atom. The highest BCUT2D eigenvalue weighted by Crippen LogP contribution is 2.34. The first-order valence-electron chi connectivity index (χ1n) is 12.9. The van der Waals surface area contributed by atoms with Gasteiger partial charge in [-0.3, -0.25) is 9.36 Å². The molecule has 4 heterocycles. The summed E-state index contributed by atoms with van der Waals surface area (Å²) in [5.74, 6) is 0.931. The normalized spacial score (nSPS) is 19.5. The van der Waals surface area contributed by atoms with Gasteiger partial charge in [0, 0.05) is 48.1 Å². The first-order valence-corrected chi connectivity index (χ1v) is 12.9. The number of hydrogen-bond acceptors (Lipinski definition) is 8. The van der Waals surface area contributed by atoms with Crippen molar-refractivity contribution in [1.29, 1.82) is 0 Å². The molecule has 1 aliphatic carbocycles. The summed E-state index contributed by atoms with van der Waals surface area (Å²) in [4.78, 5) is 13.0. The first-order chi connectivity index (χ1) is 19.4. The molecule has 3 N–H and O–H groups in total. The number of aliphatic hydroxyl groups is 1. The van der Waals surface area contributed by atoms with E-state index in [1.807, 2.05) is 6.92 Å². The highest BCUT2D eigenvalue weighted by Gasteiger charge is 2.30. The molecule has 0 spiro atoms. The molecule has 1 fully saturated rings. The third-order valence-electron chi connectivity index (χ3n) is 6.71. The summed E-state index contributed by atoms with van der Waals surface area (Å²) in [6, 6.07) is 5.03. The Kier molecular flexibility index (Phi) is 7.89. The number of nitrogens with zero attached hydrogens (tertiary/aromatic N) is 7. The van der Waals surface area contributed by atoms with Crippen molar-refractivity contribution in [2.75, 3.05) is 10.6 Å². The van der Waals surface area contributed by atoms with E-state index in [1.165, 1.54) is 29.5 Å². The average molecular weight is 578 g/mol. The molecule has 1 saturated carbocycles. The van der Waals surface area contributed by atoms with Crippen molar-refractivity contribution in [2.24, 2.45) is 0 Å². The van der Waals surface area contributed by atoms with Crippen LogP contribution in [0.4, 0.5) is 39.3 Å². The van der Waals surface area contributed by atoms with Crippen LogP contribution < -0.4 is 10.6 Å². The van der Waals surface area contributed by atoms with Gasteiger partial charge in [-0.15, -0.1) is 0 Å². The van der Waals surface area contributed by atoms with E-state index in [9.17, 15) is 27.1 Å². The number of alkyl halides is 5. The fourth-order valence-corrected chi connectivity index (χ4v) is 4.65. The lowest BCUT2D eigenvalue weighted by Crippen LogP contribution is -2.35. The number of pyridine rings is 1. The second-order valence-corrected chi connectivity index (χ2v) is 10.3. The number of halogens is 5. The maximum Gasteiger partial charge on any atom is 0.408 e. The summed E-state index contributed by atoms with van der Waals surface area (Å²) in [5.41, 5.74) is 1.35. The van der Waals surface area contributed by atoms with E-state index in [2.05, 4.69) is 35.8 Å². The number of anilines is 3. The van der Waals surface area contributed by atoms with Crippen molar-refractivity contribution in [3.8, 4) is 22.6 Å². The standard InChI is InChI=1S/C26H28F5N9O/c1-25(41)6-2-17(3-7-25)35-20-10-23(33-12-18(20)19-5-9-39(38-19)14-21(27)28)36-22-4-8-32-24(37-22)16-11-34-40(13-16)15-26(29,30)31/h4-5,8-13,17,21,41H,2-3,6-7,14-15H2,1H3,(H2,32,33,35,36,37). The number of rotatable bonds is 9. The van der Waals surface area contributed by atoms with Crippen molar-refractivity contribution in [2.45, 2.75) is 69.9 Å². The Labute approximate surface area is 231 Å². The van der Waals surface area contributed by atoms with Gasteiger partial charge < -0.3 is 15.7 Å². The van der Waals surface area contributed by atoms with E-state index in [1.54, 1.807) is 24.4 Å². The maximum absolute atomic E-state index is 12.9. The Balaban J connectivity index is 1.39. The molecule has 0 radical (unpaired) electrons. The van der Waals surface area contributed by atoms with Crippen LogP contribution >= 0.6 is 0 Å². The molecular formula is C26H28F5N9O. The van der Waals surface area contributed by atoms with Crippen LogP contribution in [-0.4, -0.2) is 63.9 Å². The van der Waals surface area contributed by atoms with Gasteiger partial charge in [-0.2, -0.15) is 23.4 Å². The minimum atomic E-state index is -4.41. The Hall–Kier alpha value is -4.14. The van der Waals surface area contributed by atoms with Crippen molar-refractivity contribution in [3.63, 3.8) is 0 Å². The Bertz CT molecular complexity index is 1470. The van der Waals surface area contributed by atoms with Gasteiger partial charge in [-0.05, 0) is 44.7 Å². The van der Waals surface area contributed by atoms with Crippen molar-refractivity contribution < 1.29 is 27.1 Å². The zero-order chi connectivity index (χ0) is 29.2. The summed E-state index contributed by atoms with van der Waals surface area (Å²) in [6.45, 7) is 0.0602. The summed E-state index contributed by atoms with van der Waals surface area (Å²) in [7, 11) is 0. The zero-order valence-electron chi connectivity index (χ0n) is 22.0. The van der Waals surface area contributed by atoms with Crippen LogP contribution in [0.5, 0.6) is 0 Å². The van der Waals surface area contributed by atoms with Crippen molar-refractivity contribution in [1.82, 2.24) is 34.5 Å². The molecule has 0 atom stereocenters. The molecule has 4 aromatic heterocycles. The fourth-order valence-electron chi connectivity index (χ4n) is 4.65. The molecule has 0 unspecified atom stereocenters. The van der Waals surface area contributed by atoms with Crippen LogP contribution in [0.25, 0.3) is 22.6 Å². The summed E-state index contributed by atoms with van der Waals surface area (Å²) >= 11 is 0. The second-order valence-electron chi connectivity index (χ2n) is 10.3. The number of hydrogen-bond donors (Lipinski definition) is 3. The third-order valence-corrected chi connectivity index (χ3v) is 6.71. The monoisotopic (exact) mass is 577 g/mol. The molecule has 0 bridgehead atoms. The van der Waals surface area contributed by atoms with Gasteiger partial charge in [0.05, 0.1) is 23.1 Å². The molecule has 41 heavy (non-hydrogen) atoms. The van der Waals surface area contributed by atoms with Gasteiger partial charge in [-0.25, -0.2) is 23.7 Å². The van der Waals surface area contributed by atoms with E-state index in [0.29, 0.717) is 47.0 Å². The van der Waals surface area contributed by atoms with Crippen LogP contribution in [0, 0.1) is 0 Å². The first kappa shape index (κ1) is 28.4. The zero-order valence-corrected chi connectivity index (χ0v) is 22.0. The van der Waals surface area contributed by atoms with Gasteiger partial charge in [0.15, 0.2) is 5.82 Å². The van der Waals surface area contributed by atoms with E-state index < -0.39 is 31.3 Å². The highest BCUT2D eigenvalue weighted by atomic mass is 19.4. The van der Waals surface area contributed by atoms with Crippen LogP contribution in [-0.2, 0) is 13.1 Å². The summed E-state index contributed by atoms with van der Waals surface area (Å²) < 4.78 is 65.8. The predicted octanol–water partition coefficient (Wildman–Crippen LogP) is 5.28. The molecule has 4 aromatic rings. The summed E-state index contributed by atoms with van der Waals surface area (Å²) in [6.07, 6.45) is 2.75. The van der Waals surface area contributed by atoms with Crippen molar-refractivity contribution >= 4 is 17.3 Å². The molecular weight excluding hydrogens is 549 g/mol. The van der Waals surface area contributed by atoms with Gasteiger partial charge in [0.25, 0.3) is 6.43 Å². The van der Waals surface area contributed by atoms with Gasteiger partial charge >= 0.3 is 6.18 Å². The van der Waals surface area contributed by atoms with E-state index in [0.717, 1.165) is 17.5 Å². The predicted molar refractivity (Wildman–Crippen MR) is 141 cm³/mol. The lowest BCUT2D eigenvalue weighted by molar-refractivity contribution is -0.142. The van der Waals surface area contributed by atoms with E-state index >= 15 is 0 Å². The fraction of sp³-hybridized carbons (Fsp3) is 0.423. The van der Waals surface area contributed by atoms with Crippen LogP contribution in [0.3, 0.4) is 0 Å². The molecule has 10 nitrogen and oxygen atoms in total. The van der Waals surface area contributed by atoms with Crippen LogP contribution in [0.2, 0.25) is 0 Å². The molecule has 5 rings (SSSR count). The minimum absolute atomic E-state index is 0.0614. The third kappa shape index (κ3) is 7.54. The quantitative estimate of drug-likeness (QED) is 0.230. The van der Waals surface area contributed by atoms with Crippen LogP contribution in [0.15, 0.2) is 49.2 Å². The van der Waals surface area contributed by atoms with Crippen LogP contribution in [0.1, 0.15) is 32.6 Å². The SMILES string of the molecule is CC1(O)CCC(Nc2cc(Nc3ccnc(-c4cnn(CC(F)(F)F)c4)n3)ncc2-c2ccn(CC(F)F)n2)CC1. The Morgan fingerprint density at radius 3 is 2.61 bits per heavy atom. The van der Waals surface area contributed by atoms with Gasteiger partial charge in [0.2, 0.25) is 0 Å². The van der Waals surface area contributed by atoms with Gasteiger partial charge in [0.1, 0.15) is 24.7 Å². The molecule has 0 amide bonds. The summed E-state index contributed by atoms with van der Waals surface area (Å²) in [5, 5.41) is 24.9. The van der Waals surface area contributed by atoms with Crippen molar-refractivity contribution in [3.05, 3.63) is 49.2 Å². The largest absolute Gasteiger partial charge is 0.408 e. The van der Waals surface area contributed by atoms with E-state index in [4.69, 9.17) is 0 Å². The number of aromatic nitrogens is 7. The molecule has 15 heteroatoms. The molecule has 0 saturated heterocycles. The smallest absolute Gasteiger partial charge is 0.390 e. The molecule has 0 aliphatic heterocycles. The van der Waals surface area contributed by atoms with E-state index in [-0.39, 0.29) is 11.9 Å². The number of nitrogens with one attached hydrogen (secondary N) is 2. The minimum Gasteiger partial charge on any atom is -0.390 e. The molecule has 218 valence electrons. The Morgan fingerprint density at radius 2 is 1.88 bits per heavy atom. The lowest BCUT2D eigenvalue weighted by Gasteiger charge is -2.34. The highest BCUT2D eigenvalue weighted by molar-refractivity contribution is 5.78. The van der Waals surface area contributed by atoms with Gasteiger partial charge in [-0.1, -0.05) is 0 Å². The molecule has 0 aromatic carbocycles. The lowest BCUT2D eigenvalue weighted by atomic mass is 9.83. The topological polar surface area (TPSA) is 119 Å².